The van der Waals surface area contributed by atoms with Crippen molar-refractivity contribution in [1.29, 1.82) is 0 Å². The highest BCUT2D eigenvalue weighted by molar-refractivity contribution is 6.31. The van der Waals surface area contributed by atoms with Crippen molar-refractivity contribution in [3.05, 3.63) is 69.3 Å². The number of aromatic nitrogens is 4. The second kappa shape index (κ2) is 8.85. The summed E-state index contributed by atoms with van der Waals surface area (Å²) in [4.78, 5) is 17.4. The van der Waals surface area contributed by atoms with E-state index in [1.807, 2.05) is 66.3 Å². The van der Waals surface area contributed by atoms with E-state index in [4.69, 9.17) is 11.6 Å². The van der Waals surface area contributed by atoms with E-state index in [1.54, 1.807) is 0 Å². The van der Waals surface area contributed by atoms with Crippen LogP contribution in [0.1, 0.15) is 38.6 Å². The summed E-state index contributed by atoms with van der Waals surface area (Å²) in [6.07, 6.45) is 2.08. The summed E-state index contributed by atoms with van der Waals surface area (Å²) >= 11 is 6.27. The van der Waals surface area contributed by atoms with E-state index in [-0.39, 0.29) is 5.91 Å². The fourth-order valence-corrected chi connectivity index (χ4v) is 4.28. The number of carbonyl (C=O) groups excluding carboxylic acids is 1. The highest BCUT2D eigenvalue weighted by Crippen LogP contribution is 2.20. The molecule has 4 rings (SSSR count). The van der Waals surface area contributed by atoms with Gasteiger partial charge in [-0.25, -0.2) is 0 Å². The molecule has 2 aromatic heterocycles. The van der Waals surface area contributed by atoms with Crippen LogP contribution in [0.2, 0.25) is 5.02 Å². The van der Waals surface area contributed by atoms with Gasteiger partial charge in [-0.3, -0.25) is 19.1 Å². The summed E-state index contributed by atoms with van der Waals surface area (Å²) in [5, 5.41) is 9.62. The number of benzene rings is 1. The van der Waals surface area contributed by atoms with E-state index in [0.29, 0.717) is 11.6 Å². The molecule has 1 fully saturated rings. The van der Waals surface area contributed by atoms with Gasteiger partial charge in [-0.05, 0) is 38.5 Å². The van der Waals surface area contributed by atoms with E-state index in [1.165, 1.54) is 5.56 Å². The lowest BCUT2D eigenvalue weighted by molar-refractivity contribution is 0.0628. The lowest BCUT2D eigenvalue weighted by atomic mass is 10.1. The Morgan fingerprint density at radius 1 is 1.03 bits per heavy atom. The quantitative estimate of drug-likeness (QED) is 0.611. The average molecular weight is 441 g/mol. The number of carbonyl (C=O) groups is 1. The minimum absolute atomic E-state index is 0.0884. The van der Waals surface area contributed by atoms with Gasteiger partial charge in [-0.1, -0.05) is 23.7 Å². The van der Waals surface area contributed by atoms with Gasteiger partial charge in [0.05, 0.1) is 28.6 Å². The van der Waals surface area contributed by atoms with Gasteiger partial charge in [-0.2, -0.15) is 10.2 Å². The molecule has 1 aliphatic rings. The van der Waals surface area contributed by atoms with E-state index >= 15 is 0 Å². The van der Waals surface area contributed by atoms with Gasteiger partial charge in [0.1, 0.15) is 0 Å². The minimum atomic E-state index is 0.0884. The second-order valence-corrected chi connectivity index (χ2v) is 8.70. The molecule has 0 bridgehead atoms. The summed E-state index contributed by atoms with van der Waals surface area (Å²) in [5.74, 6) is 0.0884. The SMILES string of the molecule is Cc1nn(C)cc1CN1CCN(C(=O)c2cccc(Cn3nc(C)c(Cl)c3C)c2)CC1. The van der Waals surface area contributed by atoms with Crippen LogP contribution in [0.15, 0.2) is 30.5 Å². The minimum Gasteiger partial charge on any atom is -0.336 e. The highest BCUT2D eigenvalue weighted by Gasteiger charge is 2.23. The zero-order chi connectivity index (χ0) is 22.1. The largest absolute Gasteiger partial charge is 0.336 e. The summed E-state index contributed by atoms with van der Waals surface area (Å²) in [5.41, 5.74) is 5.85. The highest BCUT2D eigenvalue weighted by atomic mass is 35.5. The summed E-state index contributed by atoms with van der Waals surface area (Å²) in [6.45, 7) is 10.6. The molecule has 0 N–H and O–H groups in total. The molecule has 0 unspecified atom stereocenters. The summed E-state index contributed by atoms with van der Waals surface area (Å²) in [7, 11) is 1.95. The number of amides is 1. The molecule has 0 aliphatic carbocycles. The van der Waals surface area contributed by atoms with Gasteiger partial charge in [0.25, 0.3) is 5.91 Å². The van der Waals surface area contributed by atoms with Crippen LogP contribution in [0, 0.1) is 20.8 Å². The molecule has 3 aromatic rings. The maximum Gasteiger partial charge on any atom is 0.253 e. The summed E-state index contributed by atoms with van der Waals surface area (Å²) < 4.78 is 3.75. The number of piperazine rings is 1. The number of rotatable bonds is 5. The molecule has 7 nitrogen and oxygen atoms in total. The second-order valence-electron chi connectivity index (χ2n) is 8.32. The third kappa shape index (κ3) is 4.67. The topological polar surface area (TPSA) is 59.2 Å². The smallest absolute Gasteiger partial charge is 0.253 e. The first-order chi connectivity index (χ1) is 14.8. The molecule has 1 amide bonds. The van der Waals surface area contributed by atoms with Crippen LogP contribution in [-0.2, 0) is 20.1 Å². The van der Waals surface area contributed by atoms with Gasteiger partial charge >= 0.3 is 0 Å². The maximum absolute atomic E-state index is 13.1. The molecule has 8 heteroatoms. The molecule has 1 saturated heterocycles. The van der Waals surface area contributed by atoms with Gasteiger partial charge in [-0.15, -0.1) is 0 Å². The molecular formula is C23H29ClN6O. The van der Waals surface area contributed by atoms with Gasteiger partial charge < -0.3 is 4.90 Å². The third-order valence-electron chi connectivity index (χ3n) is 5.97. The first-order valence-corrected chi connectivity index (χ1v) is 11.0. The number of aryl methyl sites for hydroxylation is 3. The molecular weight excluding hydrogens is 412 g/mol. The fraction of sp³-hybridized carbons (Fsp3) is 0.435. The molecule has 1 aliphatic heterocycles. The third-order valence-corrected chi connectivity index (χ3v) is 6.52. The van der Waals surface area contributed by atoms with Crippen LogP contribution in [-0.4, -0.2) is 61.4 Å². The van der Waals surface area contributed by atoms with Crippen molar-refractivity contribution in [2.24, 2.45) is 7.05 Å². The molecule has 0 radical (unpaired) electrons. The van der Waals surface area contributed by atoms with Crippen LogP contribution in [0.25, 0.3) is 0 Å². The van der Waals surface area contributed by atoms with Crippen molar-refractivity contribution in [3.8, 4) is 0 Å². The van der Waals surface area contributed by atoms with Crippen LogP contribution in [0.3, 0.4) is 0 Å². The first kappa shape index (κ1) is 21.6. The Morgan fingerprint density at radius 3 is 2.39 bits per heavy atom. The van der Waals surface area contributed by atoms with Crippen molar-refractivity contribution in [3.63, 3.8) is 0 Å². The standard InChI is InChI=1S/C23H29ClN6O/c1-16-21(14-27(4)25-16)15-28-8-10-29(11-9-28)23(31)20-7-5-6-19(12-20)13-30-18(3)22(24)17(2)26-30/h5-7,12,14H,8-11,13,15H2,1-4H3. The van der Waals surface area contributed by atoms with Gasteiger partial charge in [0.15, 0.2) is 0 Å². The Kier molecular flexibility index (Phi) is 6.16. The zero-order valence-corrected chi connectivity index (χ0v) is 19.4. The Balaban J connectivity index is 1.38. The molecule has 164 valence electrons. The molecule has 0 saturated carbocycles. The molecule has 1 aromatic carbocycles. The molecule has 0 spiro atoms. The lowest BCUT2D eigenvalue weighted by Crippen LogP contribution is -2.48. The normalized spacial score (nSPS) is 14.9. The Morgan fingerprint density at radius 2 is 1.77 bits per heavy atom. The van der Waals surface area contributed by atoms with E-state index in [9.17, 15) is 4.79 Å². The first-order valence-electron chi connectivity index (χ1n) is 10.6. The van der Waals surface area contributed by atoms with Crippen molar-refractivity contribution in [2.45, 2.75) is 33.9 Å². The lowest BCUT2D eigenvalue weighted by Gasteiger charge is -2.34. The Bertz CT molecular complexity index is 1090. The van der Waals surface area contributed by atoms with Crippen molar-refractivity contribution >= 4 is 17.5 Å². The van der Waals surface area contributed by atoms with Crippen LogP contribution in [0.4, 0.5) is 0 Å². The van der Waals surface area contributed by atoms with Gasteiger partial charge in [0.2, 0.25) is 0 Å². The van der Waals surface area contributed by atoms with Crippen molar-refractivity contribution in [1.82, 2.24) is 29.4 Å². The molecule has 0 atom stereocenters. The van der Waals surface area contributed by atoms with Gasteiger partial charge in [0, 0.05) is 57.1 Å². The van der Waals surface area contributed by atoms with Crippen molar-refractivity contribution in [2.75, 3.05) is 26.2 Å². The molecule has 3 heterocycles. The monoisotopic (exact) mass is 440 g/mol. The zero-order valence-electron chi connectivity index (χ0n) is 18.6. The maximum atomic E-state index is 13.1. The number of nitrogens with zero attached hydrogens (tertiary/aromatic N) is 6. The number of halogens is 1. The Hall–Kier alpha value is -2.64. The predicted octanol–water partition coefficient (Wildman–Crippen LogP) is 3.20. The average Bonchev–Trinajstić information content (AvgIpc) is 3.20. The van der Waals surface area contributed by atoms with E-state index in [2.05, 4.69) is 21.3 Å². The van der Waals surface area contributed by atoms with E-state index in [0.717, 1.165) is 60.9 Å². The molecule has 31 heavy (non-hydrogen) atoms. The Labute approximate surface area is 188 Å². The van der Waals surface area contributed by atoms with Crippen molar-refractivity contribution < 1.29 is 4.79 Å². The summed E-state index contributed by atoms with van der Waals surface area (Å²) in [6, 6.07) is 7.83. The van der Waals surface area contributed by atoms with E-state index < -0.39 is 0 Å². The number of hydrogen-bond donors (Lipinski definition) is 0. The van der Waals surface area contributed by atoms with Crippen LogP contribution in [0.5, 0.6) is 0 Å². The van der Waals surface area contributed by atoms with Crippen LogP contribution < -0.4 is 0 Å². The van der Waals surface area contributed by atoms with Crippen LogP contribution >= 0.6 is 11.6 Å². The number of hydrogen-bond acceptors (Lipinski definition) is 4. The fourth-order valence-electron chi connectivity index (χ4n) is 4.14. The predicted molar refractivity (Wildman–Crippen MR) is 121 cm³/mol.